The van der Waals surface area contributed by atoms with E-state index < -0.39 is 0 Å². The third-order valence-electron chi connectivity index (χ3n) is 5.86. The lowest BCUT2D eigenvalue weighted by molar-refractivity contribution is -0.229. The Bertz CT molecular complexity index is 573. The molecule has 144 valence electrons. The quantitative estimate of drug-likeness (QED) is 0.721. The molecule has 2 aliphatic rings. The highest BCUT2D eigenvalue weighted by Gasteiger charge is 2.32. The monoisotopic (exact) mass is 362 g/mol. The summed E-state index contributed by atoms with van der Waals surface area (Å²) in [4.78, 5) is 0. The second-order valence-corrected chi connectivity index (χ2v) is 7.70. The molecule has 0 unspecified atom stereocenters. The van der Waals surface area contributed by atoms with Crippen molar-refractivity contribution in [3.63, 3.8) is 0 Å². The minimum Gasteiger partial charge on any atom is -0.396 e. The fraction of sp³-hybridized carbons (Fsp3) is 0.636. The summed E-state index contributed by atoms with van der Waals surface area (Å²) in [5, 5.41) is 8.98. The minimum atomic E-state index is -0.191. The van der Waals surface area contributed by atoms with E-state index in [4.69, 9.17) is 14.6 Å². The molecule has 4 heteroatoms. The van der Waals surface area contributed by atoms with E-state index in [1.807, 2.05) is 18.2 Å². The van der Waals surface area contributed by atoms with E-state index in [0.717, 1.165) is 57.3 Å². The van der Waals surface area contributed by atoms with Crippen LogP contribution in [-0.2, 0) is 15.9 Å². The lowest BCUT2D eigenvalue weighted by Crippen LogP contribution is -2.38. The molecule has 26 heavy (non-hydrogen) atoms. The average Bonchev–Trinajstić information content (AvgIpc) is 2.69. The van der Waals surface area contributed by atoms with E-state index in [9.17, 15) is 4.39 Å². The van der Waals surface area contributed by atoms with Crippen LogP contribution < -0.4 is 0 Å². The molecule has 0 atom stereocenters. The Morgan fingerprint density at radius 2 is 1.88 bits per heavy atom. The molecule has 1 saturated carbocycles. The van der Waals surface area contributed by atoms with Crippen LogP contribution in [0.25, 0.3) is 0 Å². The Balaban J connectivity index is 1.47. The molecular formula is C22H31FO3. The number of aliphatic hydroxyl groups is 1. The highest BCUT2D eigenvalue weighted by molar-refractivity contribution is 5.27. The fourth-order valence-electron chi connectivity index (χ4n) is 4.22. The van der Waals surface area contributed by atoms with Gasteiger partial charge in [0, 0.05) is 18.4 Å². The lowest BCUT2D eigenvalue weighted by atomic mass is 9.78. The topological polar surface area (TPSA) is 38.7 Å². The van der Waals surface area contributed by atoms with Gasteiger partial charge in [0.25, 0.3) is 0 Å². The summed E-state index contributed by atoms with van der Waals surface area (Å²) in [5.74, 6) is 1.15. The summed E-state index contributed by atoms with van der Waals surface area (Å²) in [7, 11) is 0. The predicted molar refractivity (Wildman–Crippen MR) is 101 cm³/mol. The molecule has 1 aliphatic carbocycles. The van der Waals surface area contributed by atoms with Gasteiger partial charge in [-0.25, -0.2) is 4.39 Å². The van der Waals surface area contributed by atoms with Crippen LogP contribution in [0, 0.1) is 17.7 Å². The largest absolute Gasteiger partial charge is 0.396 e. The molecule has 2 fully saturated rings. The van der Waals surface area contributed by atoms with Crippen LogP contribution >= 0.6 is 0 Å². The Labute approximate surface area is 156 Å². The van der Waals surface area contributed by atoms with Crippen molar-refractivity contribution in [2.45, 2.75) is 57.2 Å². The van der Waals surface area contributed by atoms with Gasteiger partial charge in [0.2, 0.25) is 0 Å². The van der Waals surface area contributed by atoms with E-state index in [1.54, 1.807) is 6.07 Å². The first-order valence-corrected chi connectivity index (χ1v) is 9.94. The van der Waals surface area contributed by atoms with Crippen LogP contribution in [0.5, 0.6) is 0 Å². The number of rotatable bonds is 7. The van der Waals surface area contributed by atoms with Crippen molar-refractivity contribution in [1.82, 2.24) is 0 Å². The smallest absolute Gasteiger partial charge is 0.160 e. The molecule has 0 bridgehead atoms. The number of hydrogen-bond donors (Lipinski definition) is 1. The molecular weight excluding hydrogens is 331 g/mol. The first-order chi connectivity index (χ1) is 12.7. The predicted octanol–water partition coefficient (Wildman–Crippen LogP) is 4.59. The van der Waals surface area contributed by atoms with Gasteiger partial charge in [0.1, 0.15) is 5.82 Å². The number of allylic oxidation sites excluding steroid dienone is 1. The molecule has 1 aromatic rings. The van der Waals surface area contributed by atoms with E-state index in [-0.39, 0.29) is 18.7 Å². The van der Waals surface area contributed by atoms with Gasteiger partial charge < -0.3 is 14.6 Å². The summed E-state index contributed by atoms with van der Waals surface area (Å²) in [6, 6.07) is 5.51. The maximum Gasteiger partial charge on any atom is 0.160 e. The average molecular weight is 362 g/mol. The summed E-state index contributed by atoms with van der Waals surface area (Å²) < 4.78 is 26.1. The maximum atomic E-state index is 14.1. The van der Waals surface area contributed by atoms with E-state index in [2.05, 4.69) is 6.58 Å². The number of ether oxygens (including phenoxy) is 2. The molecule has 1 N–H and O–H groups in total. The van der Waals surface area contributed by atoms with Crippen molar-refractivity contribution >= 4 is 0 Å². The van der Waals surface area contributed by atoms with Crippen molar-refractivity contribution in [3.8, 4) is 0 Å². The highest BCUT2D eigenvalue weighted by atomic mass is 19.1. The normalized spacial score (nSPS) is 29.5. The molecule has 0 radical (unpaired) electrons. The third-order valence-corrected chi connectivity index (χ3v) is 5.86. The molecule has 1 aromatic carbocycles. The Hall–Kier alpha value is -1.23. The molecule has 0 spiro atoms. The number of halogens is 1. The molecule has 3 nitrogen and oxygen atoms in total. The Morgan fingerprint density at radius 3 is 2.50 bits per heavy atom. The molecule has 1 aliphatic heterocycles. The van der Waals surface area contributed by atoms with Gasteiger partial charge >= 0.3 is 0 Å². The third kappa shape index (κ3) is 4.93. The SMILES string of the molecule is C=CCCC1COC(C2CCC(c3ccc(CCO)c(F)c3)CC2)OC1. The lowest BCUT2D eigenvalue weighted by Gasteiger charge is -2.37. The van der Waals surface area contributed by atoms with Gasteiger partial charge in [0.05, 0.1) is 13.2 Å². The Morgan fingerprint density at radius 1 is 1.15 bits per heavy atom. The first-order valence-electron chi connectivity index (χ1n) is 9.94. The maximum absolute atomic E-state index is 14.1. The Kier molecular flexibility index (Phi) is 7.23. The zero-order valence-corrected chi connectivity index (χ0v) is 15.5. The van der Waals surface area contributed by atoms with Crippen LogP contribution in [0.15, 0.2) is 30.9 Å². The molecule has 1 heterocycles. The van der Waals surface area contributed by atoms with E-state index in [1.165, 1.54) is 0 Å². The summed E-state index contributed by atoms with van der Waals surface area (Å²) in [6.45, 7) is 5.33. The van der Waals surface area contributed by atoms with E-state index in [0.29, 0.717) is 29.7 Å². The van der Waals surface area contributed by atoms with Crippen molar-refractivity contribution in [2.24, 2.45) is 11.8 Å². The zero-order chi connectivity index (χ0) is 18.4. The molecule has 0 aromatic heterocycles. The highest BCUT2D eigenvalue weighted by Crippen LogP contribution is 2.39. The van der Waals surface area contributed by atoms with Gasteiger partial charge in [-0.2, -0.15) is 0 Å². The van der Waals surface area contributed by atoms with Crippen molar-refractivity contribution in [1.29, 1.82) is 0 Å². The van der Waals surface area contributed by atoms with Crippen molar-refractivity contribution in [2.75, 3.05) is 19.8 Å². The van der Waals surface area contributed by atoms with Crippen LogP contribution in [-0.4, -0.2) is 31.2 Å². The fourth-order valence-corrected chi connectivity index (χ4v) is 4.22. The van der Waals surface area contributed by atoms with Crippen molar-refractivity contribution in [3.05, 3.63) is 47.8 Å². The number of aliphatic hydroxyl groups excluding tert-OH is 1. The first kappa shape index (κ1) is 19.5. The number of benzene rings is 1. The minimum absolute atomic E-state index is 0.0167. The van der Waals surface area contributed by atoms with Gasteiger partial charge in [-0.1, -0.05) is 18.2 Å². The van der Waals surface area contributed by atoms with Crippen LogP contribution in [0.4, 0.5) is 4.39 Å². The zero-order valence-electron chi connectivity index (χ0n) is 15.5. The van der Waals surface area contributed by atoms with Gasteiger partial charge in [-0.05, 0) is 68.1 Å². The van der Waals surface area contributed by atoms with Crippen LogP contribution in [0.2, 0.25) is 0 Å². The summed E-state index contributed by atoms with van der Waals surface area (Å²) in [6.07, 6.45) is 8.58. The second-order valence-electron chi connectivity index (χ2n) is 7.70. The van der Waals surface area contributed by atoms with Crippen LogP contribution in [0.1, 0.15) is 55.6 Å². The van der Waals surface area contributed by atoms with E-state index >= 15 is 0 Å². The molecule has 0 amide bonds. The van der Waals surface area contributed by atoms with Crippen molar-refractivity contribution < 1.29 is 19.0 Å². The summed E-state index contributed by atoms with van der Waals surface area (Å²) in [5.41, 5.74) is 1.68. The van der Waals surface area contributed by atoms with Gasteiger partial charge in [0.15, 0.2) is 6.29 Å². The molecule has 1 saturated heterocycles. The summed E-state index contributed by atoms with van der Waals surface area (Å²) >= 11 is 0. The standard InChI is InChI=1S/C22H31FO3/c1-2-3-4-16-14-25-22(26-15-16)19-8-5-17(6-9-19)20-10-7-18(11-12-24)21(23)13-20/h2,7,10,13,16-17,19,22,24H,1,3-6,8-9,11-12,14-15H2. The van der Waals surface area contributed by atoms with Gasteiger partial charge in [-0.15, -0.1) is 6.58 Å². The number of hydrogen-bond acceptors (Lipinski definition) is 3. The second kappa shape index (κ2) is 9.63. The van der Waals surface area contributed by atoms with Crippen LogP contribution in [0.3, 0.4) is 0 Å². The molecule has 3 rings (SSSR count). The van der Waals surface area contributed by atoms with Gasteiger partial charge in [-0.3, -0.25) is 0 Å².